The summed E-state index contributed by atoms with van der Waals surface area (Å²) in [5, 5.41) is 53.8. The van der Waals surface area contributed by atoms with E-state index >= 15 is 0 Å². The highest BCUT2D eigenvalue weighted by atomic mass is 16.5. The second-order valence-corrected chi connectivity index (χ2v) is 19.5. The molecule has 8 aromatic heterocycles. The Labute approximate surface area is 417 Å². The van der Waals surface area contributed by atoms with Gasteiger partial charge in [-0.15, -0.1) is 5.10 Å². The normalized spacial score (nSPS) is 18.6. The van der Waals surface area contributed by atoms with Gasteiger partial charge in [0, 0.05) is 50.3 Å². The average molecular weight is 982 g/mol. The third-order valence-electron chi connectivity index (χ3n) is 13.6. The van der Waals surface area contributed by atoms with Crippen molar-refractivity contribution in [1.82, 2.24) is 74.2 Å². The molecule has 378 valence electrons. The van der Waals surface area contributed by atoms with Crippen LogP contribution in [0.25, 0.3) is 68.6 Å². The molecule has 4 N–H and O–H groups in total. The highest BCUT2D eigenvalue weighted by Gasteiger charge is 2.31. The molecular formula is C51H65N16O5+. The number of aryl methyl sites for hydroxylation is 4. The van der Waals surface area contributed by atoms with E-state index in [2.05, 4.69) is 68.0 Å². The Balaban J connectivity index is 1.15. The van der Waals surface area contributed by atoms with Crippen molar-refractivity contribution in [3.8, 4) is 40.2 Å². The molecule has 0 unspecified atom stereocenters. The lowest BCUT2D eigenvalue weighted by molar-refractivity contribution is -0.754. The van der Waals surface area contributed by atoms with E-state index in [0.717, 1.165) is 83.9 Å². The monoisotopic (exact) mass is 982 g/mol. The van der Waals surface area contributed by atoms with Crippen LogP contribution < -0.4 is 18.9 Å². The van der Waals surface area contributed by atoms with Gasteiger partial charge in [-0.05, 0) is 99.8 Å². The summed E-state index contributed by atoms with van der Waals surface area (Å²) in [6.45, 7) is 18.6. The molecule has 0 fully saturated rings. The van der Waals surface area contributed by atoms with E-state index in [-0.39, 0.29) is 44.2 Å². The predicted octanol–water partition coefficient (Wildman–Crippen LogP) is 5.48. The largest absolute Gasteiger partial charge is 0.476 e. The molecule has 72 heavy (non-hydrogen) atoms. The molecule has 10 rings (SSSR count). The van der Waals surface area contributed by atoms with Crippen molar-refractivity contribution in [1.29, 1.82) is 0 Å². The first-order valence-corrected chi connectivity index (χ1v) is 24.6. The van der Waals surface area contributed by atoms with Gasteiger partial charge in [-0.3, -0.25) is 34.2 Å². The number of pyridine rings is 2. The standard InChI is InChI=1S/C51H64N16O5/c1-12-70-49-36-14-16-44-38-18-41(39-19-53-63(11)50(39)71-30(4)21-62(10)24-46(36)67(60-49)29(3)26-69)54-34(8)48(38)59-64(44)27-65-51-47(33(7)57-65)42-17-37-40(55-56-43(37)20-52-42)15-13-35-32(6)58-66(28(2)25-68)45(35)23-61(9)22-31(5)72-51/h13-20,28-31,68-69H,12,21-27H2,1-11H3,(H,52,55,56)/p+1/b15-13+,16-14+/t28-,29-,30-,31-/m0/s1. The Bertz CT molecular complexity index is 3370. The fourth-order valence-electron chi connectivity index (χ4n) is 10.1. The van der Waals surface area contributed by atoms with Gasteiger partial charge in [-0.2, -0.15) is 30.2 Å². The van der Waals surface area contributed by atoms with Crippen LogP contribution in [0.5, 0.6) is 17.6 Å². The van der Waals surface area contributed by atoms with E-state index in [0.29, 0.717) is 61.8 Å². The molecule has 2 aliphatic heterocycles. The van der Waals surface area contributed by atoms with E-state index in [1.807, 2.05) is 94.9 Å². The van der Waals surface area contributed by atoms with Gasteiger partial charge in [0.25, 0.3) is 6.67 Å². The molecule has 0 aliphatic carbocycles. The molecule has 10 heterocycles. The molecule has 21 heteroatoms. The second kappa shape index (κ2) is 19.4. The zero-order chi connectivity index (χ0) is 50.7. The third kappa shape index (κ3) is 8.83. The summed E-state index contributed by atoms with van der Waals surface area (Å²) < 4.78 is 29.5. The fourth-order valence-corrected chi connectivity index (χ4v) is 10.1. The number of fused-ring (bicyclic) bond motifs is 8. The Morgan fingerprint density at radius 1 is 0.792 bits per heavy atom. The lowest BCUT2D eigenvalue weighted by atomic mass is 10.1. The predicted molar refractivity (Wildman–Crippen MR) is 273 cm³/mol. The number of nitrogens with zero attached hydrogens (tertiary/aromatic N) is 14. The Morgan fingerprint density at radius 2 is 1.46 bits per heavy atom. The number of aromatic amines is 2. The molecule has 2 aliphatic rings. The number of rotatable bonds is 8. The molecule has 4 atom stereocenters. The molecule has 0 radical (unpaired) electrons. The maximum Gasteiger partial charge on any atom is 0.269 e. The van der Waals surface area contributed by atoms with Crippen molar-refractivity contribution < 1.29 is 29.1 Å². The van der Waals surface area contributed by atoms with Gasteiger partial charge in [0.1, 0.15) is 17.7 Å². The number of ether oxygens (including phenoxy) is 3. The first-order chi connectivity index (χ1) is 34.6. The minimum absolute atomic E-state index is 0.0448. The summed E-state index contributed by atoms with van der Waals surface area (Å²) >= 11 is 0. The van der Waals surface area contributed by atoms with Crippen LogP contribution in [0.4, 0.5) is 0 Å². The number of likely N-dealkylation sites (N-methyl/N-ethyl adjacent to an activating group) is 2. The van der Waals surface area contributed by atoms with Crippen molar-refractivity contribution >= 4 is 46.1 Å². The molecule has 0 saturated carbocycles. The number of aliphatic hydroxyl groups excluding tert-OH is 2. The van der Waals surface area contributed by atoms with Crippen LogP contribution in [0.15, 0.2) is 24.5 Å². The van der Waals surface area contributed by atoms with E-state index in [9.17, 15) is 10.2 Å². The van der Waals surface area contributed by atoms with E-state index in [1.54, 1.807) is 10.9 Å². The average Bonchev–Trinajstić information content (AvgIpc) is 4.19. The van der Waals surface area contributed by atoms with E-state index in [1.165, 1.54) is 0 Å². The quantitative estimate of drug-likeness (QED) is 0.139. The first-order valence-electron chi connectivity index (χ1n) is 24.6. The number of aromatic nitrogens is 14. The minimum atomic E-state index is -0.317. The topological polar surface area (TPSA) is 220 Å². The number of nitrogens with one attached hydrogen (secondary N) is 2. The zero-order valence-corrected chi connectivity index (χ0v) is 43.0. The molecular weight excluding hydrogens is 917 g/mol. The lowest BCUT2D eigenvalue weighted by Gasteiger charge is -2.24. The van der Waals surface area contributed by atoms with Crippen LogP contribution in [0.3, 0.4) is 0 Å². The SMILES string of the molecule is CCOc1nn([C@@H](C)CO)c2c1/C=C/c1c3cc(nc(C)c3[nH][n+]1Cn1nc(C)c3c1O[C@@H](C)CN(C)Cc1c(c(C)nn1[C@@H](C)CO)/C=C/c1n[nH]c4cnc-3cc14)-c1cnn(C)c1O[C@@H](C)CN(C)C2. The van der Waals surface area contributed by atoms with Gasteiger partial charge >= 0.3 is 0 Å². The number of hydrogen-bond acceptors (Lipinski definition) is 14. The van der Waals surface area contributed by atoms with Crippen LogP contribution >= 0.6 is 0 Å². The summed E-state index contributed by atoms with van der Waals surface area (Å²) in [7, 11) is 5.99. The van der Waals surface area contributed by atoms with Crippen LogP contribution in [-0.4, -0.2) is 144 Å². The van der Waals surface area contributed by atoms with Gasteiger partial charge in [0.15, 0.2) is 0 Å². The summed E-state index contributed by atoms with van der Waals surface area (Å²) in [5.41, 5.74) is 12.2. The Kier molecular flexibility index (Phi) is 13.1. The minimum Gasteiger partial charge on any atom is -0.476 e. The van der Waals surface area contributed by atoms with Gasteiger partial charge in [-0.25, -0.2) is 4.68 Å². The van der Waals surface area contributed by atoms with E-state index in [4.69, 9.17) is 44.6 Å². The van der Waals surface area contributed by atoms with Gasteiger partial charge in [0.05, 0.1) is 117 Å². The fraction of sp³-hybridized carbons (Fsp3) is 0.451. The molecule has 0 aromatic carbocycles. The van der Waals surface area contributed by atoms with Crippen molar-refractivity contribution in [2.45, 2.75) is 99.4 Å². The summed E-state index contributed by atoms with van der Waals surface area (Å²) in [6.07, 6.45) is 11.3. The van der Waals surface area contributed by atoms with Crippen LogP contribution in [0, 0.1) is 20.8 Å². The van der Waals surface area contributed by atoms with Gasteiger partial charge in [-0.1, -0.05) is 4.68 Å². The maximum absolute atomic E-state index is 10.5. The number of H-pyrrole nitrogens is 2. The van der Waals surface area contributed by atoms with Gasteiger partial charge in [0.2, 0.25) is 23.3 Å². The smallest absolute Gasteiger partial charge is 0.269 e. The zero-order valence-electron chi connectivity index (χ0n) is 43.0. The van der Waals surface area contributed by atoms with Crippen molar-refractivity contribution in [2.75, 3.05) is 47.0 Å². The molecule has 4 bridgehead atoms. The molecule has 8 aromatic rings. The lowest BCUT2D eigenvalue weighted by Crippen LogP contribution is -2.42. The van der Waals surface area contributed by atoms with Crippen LogP contribution in [-0.2, 0) is 26.8 Å². The maximum atomic E-state index is 10.5. The molecule has 0 amide bonds. The van der Waals surface area contributed by atoms with E-state index < -0.39 is 0 Å². The first kappa shape index (κ1) is 48.4. The van der Waals surface area contributed by atoms with Crippen molar-refractivity contribution in [2.24, 2.45) is 7.05 Å². The van der Waals surface area contributed by atoms with Crippen LogP contribution in [0.1, 0.15) is 97.7 Å². The Hall–Kier alpha value is -7.20. The number of hydrogen-bond donors (Lipinski definition) is 4. The van der Waals surface area contributed by atoms with Crippen LogP contribution in [0.2, 0.25) is 0 Å². The molecule has 21 nitrogen and oxygen atoms in total. The summed E-state index contributed by atoms with van der Waals surface area (Å²) in [5.74, 6) is 1.65. The van der Waals surface area contributed by atoms with Crippen molar-refractivity contribution in [3.05, 3.63) is 75.5 Å². The highest BCUT2D eigenvalue weighted by Crippen LogP contribution is 2.37. The number of aliphatic hydroxyl groups is 2. The van der Waals surface area contributed by atoms with Gasteiger partial charge < -0.3 is 24.4 Å². The molecule has 0 spiro atoms. The summed E-state index contributed by atoms with van der Waals surface area (Å²) in [4.78, 5) is 14.5. The molecule has 0 saturated heterocycles. The highest BCUT2D eigenvalue weighted by molar-refractivity contribution is 5.93. The van der Waals surface area contributed by atoms with Crippen molar-refractivity contribution in [3.63, 3.8) is 0 Å². The Morgan fingerprint density at radius 3 is 2.17 bits per heavy atom. The third-order valence-corrected chi connectivity index (χ3v) is 13.6. The second-order valence-electron chi connectivity index (χ2n) is 19.5. The summed E-state index contributed by atoms with van der Waals surface area (Å²) in [6, 6.07) is 3.59.